The zero-order valence-electron chi connectivity index (χ0n) is 11.9. The molecule has 21 heavy (non-hydrogen) atoms. The average molecular weight is 291 g/mol. The summed E-state index contributed by atoms with van der Waals surface area (Å²) in [7, 11) is 0. The number of rotatable bonds is 3. The van der Waals surface area contributed by atoms with Gasteiger partial charge in [0.25, 0.3) is 0 Å². The molecule has 0 aliphatic carbocycles. The van der Waals surface area contributed by atoms with Crippen molar-refractivity contribution < 1.29 is 0 Å². The van der Waals surface area contributed by atoms with Crippen molar-refractivity contribution in [3.63, 3.8) is 0 Å². The SMILES string of the molecule is CC(S)c1ccc(-c2ccccc2)nc1-c1ccccc1. The molecule has 0 aliphatic heterocycles. The zero-order valence-corrected chi connectivity index (χ0v) is 12.8. The molecule has 0 amide bonds. The third-order valence-corrected chi connectivity index (χ3v) is 3.77. The van der Waals surface area contributed by atoms with Gasteiger partial charge in [-0.3, -0.25) is 0 Å². The van der Waals surface area contributed by atoms with Crippen LogP contribution in [0.3, 0.4) is 0 Å². The summed E-state index contributed by atoms with van der Waals surface area (Å²) in [5, 5.41) is 0.150. The Morgan fingerprint density at radius 2 is 1.33 bits per heavy atom. The van der Waals surface area contributed by atoms with Crippen molar-refractivity contribution in [3.05, 3.63) is 78.4 Å². The van der Waals surface area contributed by atoms with Crippen LogP contribution >= 0.6 is 12.6 Å². The molecule has 104 valence electrons. The first-order valence-electron chi connectivity index (χ1n) is 7.05. The minimum absolute atomic E-state index is 0.150. The van der Waals surface area contributed by atoms with Crippen molar-refractivity contribution in [1.82, 2.24) is 4.98 Å². The van der Waals surface area contributed by atoms with E-state index >= 15 is 0 Å². The number of pyridine rings is 1. The van der Waals surface area contributed by atoms with Crippen LogP contribution in [-0.4, -0.2) is 4.98 Å². The molecule has 0 fully saturated rings. The van der Waals surface area contributed by atoms with E-state index in [2.05, 4.69) is 56.0 Å². The molecule has 0 saturated carbocycles. The Labute approximate surface area is 131 Å². The van der Waals surface area contributed by atoms with Crippen LogP contribution in [0.4, 0.5) is 0 Å². The zero-order chi connectivity index (χ0) is 14.7. The average Bonchev–Trinajstić information content (AvgIpc) is 2.56. The maximum Gasteiger partial charge on any atom is 0.0752 e. The van der Waals surface area contributed by atoms with Crippen molar-refractivity contribution in [2.45, 2.75) is 12.2 Å². The highest BCUT2D eigenvalue weighted by atomic mass is 32.1. The Hall–Kier alpha value is -2.06. The lowest BCUT2D eigenvalue weighted by Crippen LogP contribution is -1.96. The summed E-state index contributed by atoms with van der Waals surface area (Å²) in [6, 6.07) is 24.8. The largest absolute Gasteiger partial charge is 0.247 e. The van der Waals surface area contributed by atoms with Crippen LogP contribution in [-0.2, 0) is 0 Å². The van der Waals surface area contributed by atoms with Gasteiger partial charge in [0.2, 0.25) is 0 Å². The second kappa shape index (κ2) is 6.15. The molecule has 0 saturated heterocycles. The van der Waals surface area contributed by atoms with E-state index in [1.807, 2.05) is 36.4 Å². The Morgan fingerprint density at radius 3 is 1.90 bits per heavy atom. The number of hydrogen-bond donors (Lipinski definition) is 1. The fourth-order valence-corrected chi connectivity index (χ4v) is 2.61. The third kappa shape index (κ3) is 3.01. The normalized spacial score (nSPS) is 12.1. The maximum atomic E-state index is 4.89. The minimum Gasteiger partial charge on any atom is -0.247 e. The van der Waals surface area contributed by atoms with Gasteiger partial charge in [0.15, 0.2) is 0 Å². The second-order valence-corrected chi connectivity index (χ2v) is 5.82. The Morgan fingerprint density at radius 1 is 0.762 bits per heavy atom. The summed E-state index contributed by atoms with van der Waals surface area (Å²) < 4.78 is 0. The fraction of sp³-hybridized carbons (Fsp3) is 0.105. The molecule has 2 heteroatoms. The number of thiol groups is 1. The second-order valence-electron chi connectivity index (χ2n) is 5.04. The van der Waals surface area contributed by atoms with Gasteiger partial charge in [0, 0.05) is 16.4 Å². The van der Waals surface area contributed by atoms with Crippen molar-refractivity contribution in [2.24, 2.45) is 0 Å². The Balaban J connectivity index is 2.16. The summed E-state index contributed by atoms with van der Waals surface area (Å²) in [6.07, 6.45) is 0. The van der Waals surface area contributed by atoms with E-state index in [0.29, 0.717) is 0 Å². The van der Waals surface area contributed by atoms with Crippen molar-refractivity contribution in [2.75, 3.05) is 0 Å². The fourth-order valence-electron chi connectivity index (χ4n) is 2.40. The molecule has 1 atom stereocenters. The maximum absolute atomic E-state index is 4.89. The first kappa shape index (κ1) is 13.9. The van der Waals surface area contributed by atoms with E-state index in [9.17, 15) is 0 Å². The van der Waals surface area contributed by atoms with Gasteiger partial charge in [0.05, 0.1) is 11.4 Å². The summed E-state index contributed by atoms with van der Waals surface area (Å²) in [4.78, 5) is 4.89. The highest BCUT2D eigenvalue weighted by molar-refractivity contribution is 7.80. The van der Waals surface area contributed by atoms with Gasteiger partial charge >= 0.3 is 0 Å². The molecule has 1 unspecified atom stereocenters. The lowest BCUT2D eigenvalue weighted by atomic mass is 10.0. The quantitative estimate of drug-likeness (QED) is 0.637. The van der Waals surface area contributed by atoms with Gasteiger partial charge in [-0.05, 0) is 18.6 Å². The molecular formula is C19H17NS. The van der Waals surface area contributed by atoms with Gasteiger partial charge in [0.1, 0.15) is 0 Å². The van der Waals surface area contributed by atoms with Crippen LogP contribution in [0, 0.1) is 0 Å². The predicted molar refractivity (Wildman–Crippen MR) is 92.5 cm³/mol. The Bertz CT molecular complexity index is 721. The first-order valence-corrected chi connectivity index (χ1v) is 7.57. The molecule has 3 aromatic rings. The smallest absolute Gasteiger partial charge is 0.0752 e. The minimum atomic E-state index is 0.150. The number of benzene rings is 2. The van der Waals surface area contributed by atoms with E-state index in [4.69, 9.17) is 4.98 Å². The highest BCUT2D eigenvalue weighted by Gasteiger charge is 2.12. The van der Waals surface area contributed by atoms with Gasteiger partial charge in [-0.1, -0.05) is 66.7 Å². The highest BCUT2D eigenvalue weighted by Crippen LogP contribution is 2.31. The molecule has 0 spiro atoms. The van der Waals surface area contributed by atoms with Crippen molar-refractivity contribution >= 4 is 12.6 Å². The number of aromatic nitrogens is 1. The van der Waals surface area contributed by atoms with Crippen LogP contribution in [0.2, 0.25) is 0 Å². The predicted octanol–water partition coefficient (Wildman–Crippen LogP) is 5.41. The topological polar surface area (TPSA) is 12.9 Å². The van der Waals surface area contributed by atoms with Crippen LogP contribution in [0.25, 0.3) is 22.5 Å². The third-order valence-electron chi connectivity index (χ3n) is 3.49. The van der Waals surface area contributed by atoms with Gasteiger partial charge in [-0.15, -0.1) is 0 Å². The summed E-state index contributed by atoms with van der Waals surface area (Å²) in [5.41, 5.74) is 5.43. The summed E-state index contributed by atoms with van der Waals surface area (Å²) >= 11 is 4.59. The number of hydrogen-bond acceptors (Lipinski definition) is 2. The standard InChI is InChI=1S/C19H17NS/c1-14(21)17-12-13-18(15-8-4-2-5-9-15)20-19(17)16-10-6-3-7-11-16/h2-14,21H,1H3. The summed E-state index contributed by atoms with van der Waals surface area (Å²) in [5.74, 6) is 0. The molecule has 2 aromatic carbocycles. The van der Waals surface area contributed by atoms with Gasteiger partial charge in [-0.25, -0.2) is 4.98 Å². The molecule has 3 rings (SSSR count). The molecule has 0 bridgehead atoms. The van der Waals surface area contributed by atoms with Crippen LogP contribution < -0.4 is 0 Å². The van der Waals surface area contributed by atoms with E-state index < -0.39 is 0 Å². The van der Waals surface area contributed by atoms with Crippen LogP contribution in [0.5, 0.6) is 0 Å². The molecule has 1 aromatic heterocycles. The van der Waals surface area contributed by atoms with Crippen molar-refractivity contribution in [1.29, 1.82) is 0 Å². The molecule has 1 nitrogen and oxygen atoms in total. The van der Waals surface area contributed by atoms with Gasteiger partial charge in [-0.2, -0.15) is 12.6 Å². The lowest BCUT2D eigenvalue weighted by molar-refractivity contribution is 1.09. The van der Waals surface area contributed by atoms with E-state index in [1.54, 1.807) is 0 Å². The molecule has 0 radical (unpaired) electrons. The van der Waals surface area contributed by atoms with Gasteiger partial charge < -0.3 is 0 Å². The lowest BCUT2D eigenvalue weighted by Gasteiger charge is -2.13. The molecule has 0 N–H and O–H groups in total. The van der Waals surface area contributed by atoms with E-state index in [0.717, 1.165) is 28.1 Å². The van der Waals surface area contributed by atoms with E-state index in [1.165, 1.54) is 0 Å². The summed E-state index contributed by atoms with van der Waals surface area (Å²) in [6.45, 7) is 2.08. The molecule has 1 heterocycles. The van der Waals surface area contributed by atoms with Crippen LogP contribution in [0.1, 0.15) is 17.7 Å². The molecular weight excluding hydrogens is 274 g/mol. The van der Waals surface area contributed by atoms with Crippen molar-refractivity contribution in [3.8, 4) is 22.5 Å². The molecule has 0 aliphatic rings. The monoisotopic (exact) mass is 291 g/mol. The van der Waals surface area contributed by atoms with Crippen LogP contribution in [0.15, 0.2) is 72.8 Å². The number of nitrogens with zero attached hydrogens (tertiary/aromatic N) is 1. The van der Waals surface area contributed by atoms with E-state index in [-0.39, 0.29) is 5.25 Å². The first-order chi connectivity index (χ1) is 10.3. The Kier molecular flexibility index (Phi) is 4.07.